The maximum absolute atomic E-state index is 8.92. The van der Waals surface area contributed by atoms with Gasteiger partial charge in [0.05, 0.1) is 29.0 Å². The van der Waals surface area contributed by atoms with Crippen LogP contribution in [0.15, 0.2) is 41.9 Å². The standard InChI is InChI=1S/C19H21BN2O3S/c1-4-14(20-24-13-19(2,3)25-20)7-5-6-10-23-15-8-9-16-17(11-15)26-18(12-21)22-16/h4-5,7-9,11H,6,10,13H2,1-3H3/b7-5-,14-4+. The molecule has 1 aliphatic rings. The van der Waals surface area contributed by atoms with E-state index >= 15 is 0 Å². The van der Waals surface area contributed by atoms with Crippen molar-refractivity contribution in [3.8, 4) is 11.8 Å². The van der Waals surface area contributed by atoms with Gasteiger partial charge in [-0.15, -0.1) is 11.3 Å². The molecule has 3 rings (SSSR count). The second-order valence-electron chi connectivity index (χ2n) is 6.61. The highest BCUT2D eigenvalue weighted by Gasteiger charge is 2.38. The predicted octanol–water partition coefficient (Wildman–Crippen LogP) is 4.29. The molecule has 26 heavy (non-hydrogen) atoms. The lowest BCUT2D eigenvalue weighted by Crippen LogP contribution is -2.25. The molecule has 0 atom stereocenters. The van der Waals surface area contributed by atoms with E-state index in [2.05, 4.69) is 17.1 Å². The number of hydrogen-bond acceptors (Lipinski definition) is 6. The first-order chi connectivity index (χ1) is 12.5. The average molecular weight is 368 g/mol. The van der Waals surface area contributed by atoms with Crippen LogP contribution in [0.3, 0.4) is 0 Å². The maximum atomic E-state index is 8.92. The summed E-state index contributed by atoms with van der Waals surface area (Å²) >= 11 is 1.37. The van der Waals surface area contributed by atoms with Crippen molar-refractivity contribution in [2.45, 2.75) is 32.8 Å². The van der Waals surface area contributed by atoms with Crippen LogP contribution in [0.25, 0.3) is 10.2 Å². The third-order valence-corrected chi connectivity index (χ3v) is 4.86. The smallest absolute Gasteiger partial charge is 0.493 e. The highest BCUT2D eigenvalue weighted by molar-refractivity contribution is 7.19. The average Bonchev–Trinajstić information content (AvgIpc) is 3.20. The highest BCUT2D eigenvalue weighted by Crippen LogP contribution is 2.26. The van der Waals surface area contributed by atoms with Crippen molar-refractivity contribution in [2.24, 2.45) is 0 Å². The summed E-state index contributed by atoms with van der Waals surface area (Å²) in [6.07, 6.45) is 6.87. The minimum atomic E-state index is -0.296. The molecule has 2 aromatic rings. The Labute approximate surface area is 158 Å². The van der Waals surface area contributed by atoms with Gasteiger partial charge in [0, 0.05) is 0 Å². The number of rotatable bonds is 6. The van der Waals surface area contributed by atoms with Crippen molar-refractivity contribution in [2.75, 3.05) is 13.2 Å². The van der Waals surface area contributed by atoms with Crippen molar-refractivity contribution in [3.63, 3.8) is 0 Å². The zero-order valence-corrected chi connectivity index (χ0v) is 16.0. The fourth-order valence-electron chi connectivity index (χ4n) is 2.62. The summed E-state index contributed by atoms with van der Waals surface area (Å²) in [4.78, 5) is 4.22. The lowest BCUT2D eigenvalue weighted by Gasteiger charge is -2.15. The van der Waals surface area contributed by atoms with Crippen molar-refractivity contribution < 1.29 is 14.0 Å². The van der Waals surface area contributed by atoms with Crippen molar-refractivity contribution >= 4 is 28.7 Å². The molecule has 0 aliphatic carbocycles. The number of nitrogens with zero attached hydrogens (tertiary/aromatic N) is 2. The molecule has 0 saturated carbocycles. The van der Waals surface area contributed by atoms with Crippen LogP contribution in [0.2, 0.25) is 0 Å². The quantitative estimate of drug-likeness (QED) is 0.432. The molecule has 1 aromatic carbocycles. The van der Waals surface area contributed by atoms with E-state index < -0.39 is 0 Å². The maximum Gasteiger partial charge on any atom is 0.494 e. The molecule has 0 radical (unpaired) electrons. The van der Waals surface area contributed by atoms with Gasteiger partial charge < -0.3 is 14.0 Å². The summed E-state index contributed by atoms with van der Waals surface area (Å²) in [6, 6.07) is 7.76. The van der Waals surface area contributed by atoms with Gasteiger partial charge in [0.1, 0.15) is 11.8 Å². The van der Waals surface area contributed by atoms with E-state index in [1.807, 2.05) is 51.1 Å². The van der Waals surface area contributed by atoms with Crippen molar-refractivity contribution in [3.05, 3.63) is 46.9 Å². The lowest BCUT2D eigenvalue weighted by atomic mass is 9.78. The fraction of sp³-hybridized carbons (Fsp3) is 0.368. The van der Waals surface area contributed by atoms with E-state index in [0.29, 0.717) is 18.2 Å². The molecule has 1 saturated heterocycles. The summed E-state index contributed by atoms with van der Waals surface area (Å²) in [6.45, 7) is 7.20. The van der Waals surface area contributed by atoms with Crippen LogP contribution in [-0.2, 0) is 9.31 Å². The molecule has 0 N–H and O–H groups in total. The zero-order chi connectivity index (χ0) is 18.6. The van der Waals surface area contributed by atoms with E-state index in [1.165, 1.54) is 11.3 Å². The number of hydrogen-bond donors (Lipinski definition) is 0. The van der Waals surface area contributed by atoms with Crippen LogP contribution in [0.4, 0.5) is 0 Å². The molecule has 2 heterocycles. The number of fused-ring (bicyclic) bond motifs is 1. The van der Waals surface area contributed by atoms with Gasteiger partial charge in [0.2, 0.25) is 0 Å². The molecule has 0 spiro atoms. The number of allylic oxidation sites excluding steroid dienone is 3. The molecular weight excluding hydrogens is 347 g/mol. The number of nitriles is 1. The van der Waals surface area contributed by atoms with Crippen LogP contribution in [-0.4, -0.2) is 30.9 Å². The Morgan fingerprint density at radius 2 is 2.35 bits per heavy atom. The van der Waals surface area contributed by atoms with Gasteiger partial charge in [0.25, 0.3) is 0 Å². The van der Waals surface area contributed by atoms with Crippen LogP contribution >= 0.6 is 11.3 Å². The predicted molar refractivity (Wildman–Crippen MR) is 104 cm³/mol. The van der Waals surface area contributed by atoms with Gasteiger partial charge >= 0.3 is 7.12 Å². The van der Waals surface area contributed by atoms with E-state index in [0.717, 1.165) is 27.9 Å². The van der Waals surface area contributed by atoms with Crippen LogP contribution in [0.5, 0.6) is 5.75 Å². The number of aromatic nitrogens is 1. The molecule has 0 amide bonds. The molecule has 5 nitrogen and oxygen atoms in total. The van der Waals surface area contributed by atoms with Crippen LogP contribution < -0.4 is 4.74 Å². The summed E-state index contributed by atoms with van der Waals surface area (Å²) in [7, 11) is -0.296. The molecular formula is C19H21BN2O3S. The Morgan fingerprint density at radius 1 is 1.50 bits per heavy atom. The van der Waals surface area contributed by atoms with E-state index in [-0.39, 0.29) is 12.7 Å². The summed E-state index contributed by atoms with van der Waals surface area (Å²) in [5.41, 5.74) is 1.61. The summed E-state index contributed by atoms with van der Waals surface area (Å²) in [5.74, 6) is 0.787. The fourth-order valence-corrected chi connectivity index (χ4v) is 3.41. The first-order valence-corrected chi connectivity index (χ1v) is 9.38. The Balaban J connectivity index is 1.50. The van der Waals surface area contributed by atoms with Gasteiger partial charge in [-0.3, -0.25) is 0 Å². The molecule has 0 bridgehead atoms. The van der Waals surface area contributed by atoms with E-state index in [1.54, 1.807) is 0 Å². The minimum absolute atomic E-state index is 0.240. The third kappa shape index (κ3) is 4.53. The van der Waals surface area contributed by atoms with Gasteiger partial charge in [-0.1, -0.05) is 18.2 Å². The number of ether oxygens (including phenoxy) is 1. The van der Waals surface area contributed by atoms with Gasteiger partial charge in [-0.05, 0) is 50.9 Å². The monoisotopic (exact) mass is 368 g/mol. The molecule has 1 aromatic heterocycles. The first-order valence-electron chi connectivity index (χ1n) is 8.56. The van der Waals surface area contributed by atoms with Crippen LogP contribution in [0, 0.1) is 11.3 Å². The van der Waals surface area contributed by atoms with Gasteiger partial charge in [-0.25, -0.2) is 4.98 Å². The Hall–Kier alpha value is -2.14. The molecule has 134 valence electrons. The molecule has 1 fully saturated rings. The zero-order valence-electron chi connectivity index (χ0n) is 15.2. The third-order valence-electron chi connectivity index (χ3n) is 3.93. The highest BCUT2D eigenvalue weighted by atomic mass is 32.1. The molecule has 7 heteroatoms. The largest absolute Gasteiger partial charge is 0.494 e. The molecule has 1 aliphatic heterocycles. The topological polar surface area (TPSA) is 64.4 Å². The molecule has 0 unspecified atom stereocenters. The van der Waals surface area contributed by atoms with Crippen molar-refractivity contribution in [1.82, 2.24) is 4.98 Å². The number of thiazole rings is 1. The normalized spacial score (nSPS) is 17.2. The van der Waals surface area contributed by atoms with E-state index in [9.17, 15) is 0 Å². The van der Waals surface area contributed by atoms with Gasteiger partial charge in [-0.2, -0.15) is 5.26 Å². The Kier molecular flexibility index (Phi) is 5.77. The van der Waals surface area contributed by atoms with Crippen molar-refractivity contribution in [1.29, 1.82) is 5.26 Å². The summed E-state index contributed by atoms with van der Waals surface area (Å²) < 4.78 is 18.3. The SMILES string of the molecule is C/C=C(\C=C/CCOc1ccc2nc(C#N)sc2c1)B1OCC(C)(C)O1. The number of benzene rings is 1. The first kappa shape index (κ1) is 18.6. The van der Waals surface area contributed by atoms with Crippen LogP contribution in [0.1, 0.15) is 32.2 Å². The minimum Gasteiger partial charge on any atom is -0.493 e. The second kappa shape index (κ2) is 8.04. The lowest BCUT2D eigenvalue weighted by molar-refractivity contribution is 0.136. The Bertz CT molecular complexity index is 883. The Morgan fingerprint density at radius 3 is 3.04 bits per heavy atom. The van der Waals surface area contributed by atoms with E-state index in [4.69, 9.17) is 19.3 Å². The summed E-state index contributed by atoms with van der Waals surface area (Å²) in [5, 5.41) is 9.39. The van der Waals surface area contributed by atoms with Gasteiger partial charge in [0.15, 0.2) is 5.01 Å². The second-order valence-corrected chi connectivity index (χ2v) is 7.64.